The second-order valence-corrected chi connectivity index (χ2v) is 8.35. The highest BCUT2D eigenvalue weighted by Crippen LogP contribution is 2.38. The van der Waals surface area contributed by atoms with E-state index in [1.165, 1.54) is 43.4 Å². The molecule has 6 aromatic carbocycles. The van der Waals surface area contributed by atoms with E-state index in [1.54, 1.807) is 0 Å². The predicted molar refractivity (Wildman–Crippen MR) is 135 cm³/mol. The van der Waals surface area contributed by atoms with Gasteiger partial charge < -0.3 is 0 Å². The molecule has 0 fully saturated rings. The van der Waals surface area contributed by atoms with Crippen LogP contribution in [0.3, 0.4) is 0 Å². The summed E-state index contributed by atoms with van der Waals surface area (Å²) >= 11 is 6.68. The SMILES string of the molecule is Clc1ccc(-c2cc3ccccc3c3ccccc23)cc1-c1ccc2ccccc2c1. The third kappa shape index (κ3) is 3.08. The van der Waals surface area contributed by atoms with E-state index in [0.717, 1.165) is 16.1 Å². The summed E-state index contributed by atoms with van der Waals surface area (Å²) in [4.78, 5) is 0. The van der Waals surface area contributed by atoms with E-state index in [2.05, 4.69) is 109 Å². The number of halogens is 1. The van der Waals surface area contributed by atoms with Crippen LogP contribution in [0, 0.1) is 0 Å². The van der Waals surface area contributed by atoms with Gasteiger partial charge in [-0.1, -0.05) is 103 Å². The van der Waals surface area contributed by atoms with Gasteiger partial charge >= 0.3 is 0 Å². The van der Waals surface area contributed by atoms with Gasteiger partial charge in [-0.15, -0.1) is 0 Å². The summed E-state index contributed by atoms with van der Waals surface area (Å²) in [6.07, 6.45) is 0. The van der Waals surface area contributed by atoms with Crippen LogP contribution in [0.1, 0.15) is 0 Å². The average Bonchev–Trinajstić information content (AvgIpc) is 2.83. The first-order valence-corrected chi connectivity index (χ1v) is 10.9. The van der Waals surface area contributed by atoms with Crippen molar-refractivity contribution in [2.24, 2.45) is 0 Å². The Hall–Kier alpha value is -3.61. The number of fused-ring (bicyclic) bond motifs is 4. The maximum Gasteiger partial charge on any atom is 0.0484 e. The first kappa shape index (κ1) is 18.2. The van der Waals surface area contributed by atoms with Crippen molar-refractivity contribution in [2.45, 2.75) is 0 Å². The fraction of sp³-hybridized carbons (Fsp3) is 0. The third-order valence-corrected chi connectivity index (χ3v) is 6.44. The van der Waals surface area contributed by atoms with E-state index in [1.807, 2.05) is 6.07 Å². The first-order chi connectivity index (χ1) is 15.3. The molecular weight excluding hydrogens is 396 g/mol. The molecule has 0 spiro atoms. The summed E-state index contributed by atoms with van der Waals surface area (Å²) < 4.78 is 0. The molecule has 0 aliphatic heterocycles. The van der Waals surface area contributed by atoms with Gasteiger partial charge in [0.15, 0.2) is 0 Å². The molecule has 0 saturated heterocycles. The first-order valence-electron chi connectivity index (χ1n) is 10.5. The number of benzene rings is 6. The Balaban J connectivity index is 1.60. The van der Waals surface area contributed by atoms with Crippen molar-refractivity contribution in [2.75, 3.05) is 0 Å². The lowest BCUT2D eigenvalue weighted by atomic mass is 9.91. The average molecular weight is 415 g/mol. The van der Waals surface area contributed by atoms with Crippen LogP contribution in [0.25, 0.3) is 54.6 Å². The molecule has 0 aromatic heterocycles. The summed E-state index contributed by atoms with van der Waals surface area (Å²) in [6.45, 7) is 0. The molecule has 0 unspecified atom stereocenters. The van der Waals surface area contributed by atoms with E-state index in [-0.39, 0.29) is 0 Å². The summed E-state index contributed by atoms with van der Waals surface area (Å²) in [5, 5.41) is 8.29. The van der Waals surface area contributed by atoms with Crippen LogP contribution >= 0.6 is 11.6 Å². The molecule has 0 heterocycles. The molecular formula is C30H19Cl. The van der Waals surface area contributed by atoms with E-state index in [4.69, 9.17) is 11.6 Å². The molecule has 6 rings (SSSR count). The summed E-state index contributed by atoms with van der Waals surface area (Å²) in [5.74, 6) is 0. The molecule has 0 nitrogen and oxygen atoms in total. The second-order valence-electron chi connectivity index (χ2n) is 7.95. The van der Waals surface area contributed by atoms with Crippen LogP contribution in [0.5, 0.6) is 0 Å². The van der Waals surface area contributed by atoms with Gasteiger partial charge in [-0.2, -0.15) is 0 Å². The Morgan fingerprint density at radius 3 is 1.84 bits per heavy atom. The standard InChI is InChI=1S/C30H19Cl/c31-30-16-15-24(19-29(30)23-14-13-20-7-1-2-8-21(20)17-23)28-18-22-9-3-4-10-25(22)26-11-5-6-12-27(26)28/h1-19H. The van der Waals surface area contributed by atoms with E-state index >= 15 is 0 Å². The molecule has 0 radical (unpaired) electrons. The van der Waals surface area contributed by atoms with Gasteiger partial charge in [0, 0.05) is 10.6 Å². The van der Waals surface area contributed by atoms with E-state index in [9.17, 15) is 0 Å². The Labute approximate surface area is 186 Å². The van der Waals surface area contributed by atoms with Crippen molar-refractivity contribution in [1.82, 2.24) is 0 Å². The zero-order valence-corrected chi connectivity index (χ0v) is 17.6. The second kappa shape index (κ2) is 7.27. The molecule has 1 heteroatoms. The van der Waals surface area contributed by atoms with Crippen LogP contribution in [-0.2, 0) is 0 Å². The Morgan fingerprint density at radius 1 is 0.387 bits per heavy atom. The topological polar surface area (TPSA) is 0 Å². The zero-order chi connectivity index (χ0) is 20.8. The Morgan fingerprint density at radius 2 is 1.00 bits per heavy atom. The van der Waals surface area contributed by atoms with Gasteiger partial charge in [0.05, 0.1) is 0 Å². The number of hydrogen-bond acceptors (Lipinski definition) is 0. The molecule has 146 valence electrons. The predicted octanol–water partition coefficient (Wildman–Crippen LogP) is 9.13. The Bertz CT molecular complexity index is 1590. The number of rotatable bonds is 2. The molecule has 0 aliphatic carbocycles. The van der Waals surface area contributed by atoms with Gasteiger partial charge in [0.2, 0.25) is 0 Å². The summed E-state index contributed by atoms with van der Waals surface area (Å²) in [5.41, 5.74) is 4.60. The molecule has 0 saturated carbocycles. The highest BCUT2D eigenvalue weighted by atomic mass is 35.5. The van der Waals surface area contributed by atoms with E-state index < -0.39 is 0 Å². The van der Waals surface area contributed by atoms with Crippen LogP contribution in [-0.4, -0.2) is 0 Å². The lowest BCUT2D eigenvalue weighted by Gasteiger charge is -2.13. The molecule has 0 amide bonds. The van der Waals surface area contributed by atoms with Gasteiger partial charge in [0.1, 0.15) is 0 Å². The Kier molecular flexibility index (Phi) is 4.26. The molecule has 0 aliphatic rings. The lowest BCUT2D eigenvalue weighted by molar-refractivity contribution is 1.62. The van der Waals surface area contributed by atoms with Crippen molar-refractivity contribution >= 4 is 43.9 Å². The van der Waals surface area contributed by atoms with Crippen LogP contribution in [0.2, 0.25) is 5.02 Å². The van der Waals surface area contributed by atoms with Gasteiger partial charge in [-0.25, -0.2) is 0 Å². The quantitative estimate of drug-likeness (QED) is 0.248. The molecule has 6 aromatic rings. The number of hydrogen-bond donors (Lipinski definition) is 0. The van der Waals surface area contributed by atoms with Crippen molar-refractivity contribution in [3.05, 3.63) is 120 Å². The van der Waals surface area contributed by atoms with Gasteiger partial charge in [0.25, 0.3) is 0 Å². The minimum atomic E-state index is 0.768. The van der Waals surface area contributed by atoms with Gasteiger partial charge in [-0.3, -0.25) is 0 Å². The van der Waals surface area contributed by atoms with Crippen LogP contribution < -0.4 is 0 Å². The van der Waals surface area contributed by atoms with Crippen LogP contribution in [0.4, 0.5) is 0 Å². The minimum absolute atomic E-state index is 0.768. The van der Waals surface area contributed by atoms with Crippen LogP contribution in [0.15, 0.2) is 115 Å². The maximum absolute atomic E-state index is 6.68. The summed E-state index contributed by atoms with van der Waals surface area (Å²) in [6, 6.07) is 40.9. The smallest absolute Gasteiger partial charge is 0.0484 e. The minimum Gasteiger partial charge on any atom is -0.0837 e. The third-order valence-electron chi connectivity index (χ3n) is 6.11. The molecule has 0 N–H and O–H groups in total. The van der Waals surface area contributed by atoms with Crippen molar-refractivity contribution in [1.29, 1.82) is 0 Å². The van der Waals surface area contributed by atoms with Gasteiger partial charge in [-0.05, 0) is 73.3 Å². The highest BCUT2D eigenvalue weighted by Gasteiger charge is 2.11. The molecule has 0 atom stereocenters. The van der Waals surface area contributed by atoms with Crippen molar-refractivity contribution in [3.63, 3.8) is 0 Å². The molecule has 0 bridgehead atoms. The lowest BCUT2D eigenvalue weighted by Crippen LogP contribution is -1.87. The monoisotopic (exact) mass is 414 g/mol. The molecule has 31 heavy (non-hydrogen) atoms. The zero-order valence-electron chi connectivity index (χ0n) is 16.8. The fourth-order valence-electron chi connectivity index (χ4n) is 4.56. The largest absolute Gasteiger partial charge is 0.0837 e. The maximum atomic E-state index is 6.68. The van der Waals surface area contributed by atoms with E-state index in [0.29, 0.717) is 0 Å². The highest BCUT2D eigenvalue weighted by molar-refractivity contribution is 6.33. The van der Waals surface area contributed by atoms with Crippen molar-refractivity contribution < 1.29 is 0 Å². The van der Waals surface area contributed by atoms with Crippen molar-refractivity contribution in [3.8, 4) is 22.3 Å². The normalized spacial score (nSPS) is 11.4. The summed E-state index contributed by atoms with van der Waals surface area (Å²) in [7, 11) is 0. The fourth-order valence-corrected chi connectivity index (χ4v) is 4.79.